The maximum atomic E-state index is 6.00. The first kappa shape index (κ1) is 20.0. The van der Waals surface area contributed by atoms with Gasteiger partial charge in [-0.1, -0.05) is 35.8 Å². The van der Waals surface area contributed by atoms with Crippen molar-refractivity contribution in [3.8, 4) is 11.4 Å². The Morgan fingerprint density at radius 3 is 3.04 bits per heavy atom. The molecule has 0 radical (unpaired) electrons. The number of hydrogen-bond acceptors (Lipinski definition) is 4. The van der Waals surface area contributed by atoms with Crippen molar-refractivity contribution in [2.24, 2.45) is 10.9 Å². The Balaban J connectivity index is 0.00000225. The first-order valence-electron chi connectivity index (χ1n) is 8.20. The number of piperidine rings is 1. The molecule has 1 N–H and O–H groups in total. The monoisotopic (exact) mass is 475 g/mol. The Morgan fingerprint density at radius 2 is 2.32 bits per heavy atom. The van der Waals surface area contributed by atoms with E-state index in [9.17, 15) is 0 Å². The number of halogens is 2. The van der Waals surface area contributed by atoms with Gasteiger partial charge >= 0.3 is 0 Å². The van der Waals surface area contributed by atoms with Crippen molar-refractivity contribution in [2.45, 2.75) is 26.3 Å². The standard InChI is InChI=1S/C17H22ClN5O.HI/c1-12-5-4-8-23(11-12)17(19-2)20-10-15-21-16(22-24-15)13-6-3-7-14(18)9-13;/h3,6-7,9,12H,4-5,8,10-11H2,1-2H3,(H,19,20);1H. The van der Waals surface area contributed by atoms with E-state index in [-0.39, 0.29) is 24.0 Å². The van der Waals surface area contributed by atoms with Crippen LogP contribution in [0.4, 0.5) is 0 Å². The lowest BCUT2D eigenvalue weighted by Gasteiger charge is -2.33. The number of guanidine groups is 1. The minimum Gasteiger partial charge on any atom is -0.347 e. The van der Waals surface area contributed by atoms with E-state index >= 15 is 0 Å². The Labute approximate surface area is 170 Å². The number of hydrogen-bond donors (Lipinski definition) is 1. The van der Waals surface area contributed by atoms with Gasteiger partial charge in [0, 0.05) is 30.7 Å². The summed E-state index contributed by atoms with van der Waals surface area (Å²) in [7, 11) is 1.80. The Bertz CT molecular complexity index is 721. The molecule has 6 nitrogen and oxygen atoms in total. The van der Waals surface area contributed by atoms with E-state index in [4.69, 9.17) is 16.1 Å². The second-order valence-electron chi connectivity index (χ2n) is 6.12. The molecule has 1 saturated heterocycles. The first-order valence-corrected chi connectivity index (χ1v) is 8.57. The zero-order valence-corrected chi connectivity index (χ0v) is 17.5. The third kappa shape index (κ3) is 5.31. The van der Waals surface area contributed by atoms with Gasteiger partial charge in [-0.15, -0.1) is 24.0 Å². The molecule has 0 amide bonds. The molecular weight excluding hydrogens is 453 g/mol. The van der Waals surface area contributed by atoms with E-state index in [0.29, 0.717) is 29.2 Å². The van der Waals surface area contributed by atoms with Gasteiger partial charge in [0.25, 0.3) is 0 Å². The van der Waals surface area contributed by atoms with Gasteiger partial charge in [-0.3, -0.25) is 4.99 Å². The third-order valence-electron chi connectivity index (χ3n) is 4.12. The summed E-state index contributed by atoms with van der Waals surface area (Å²) in [5, 5.41) is 7.97. The lowest BCUT2D eigenvalue weighted by Crippen LogP contribution is -2.45. The number of nitrogens with zero attached hydrogens (tertiary/aromatic N) is 4. The van der Waals surface area contributed by atoms with Crippen molar-refractivity contribution in [3.05, 3.63) is 35.2 Å². The van der Waals surface area contributed by atoms with Crippen molar-refractivity contribution >= 4 is 41.5 Å². The van der Waals surface area contributed by atoms with Crippen LogP contribution in [0, 0.1) is 5.92 Å². The highest BCUT2D eigenvalue weighted by Crippen LogP contribution is 2.20. The van der Waals surface area contributed by atoms with Crippen molar-refractivity contribution in [1.29, 1.82) is 0 Å². The van der Waals surface area contributed by atoms with E-state index in [1.165, 1.54) is 12.8 Å². The Kier molecular flexibility index (Phi) is 7.49. The van der Waals surface area contributed by atoms with Crippen LogP contribution in [0.1, 0.15) is 25.7 Å². The molecule has 1 aromatic heterocycles. The van der Waals surface area contributed by atoms with Crippen LogP contribution in [-0.2, 0) is 6.54 Å². The summed E-state index contributed by atoms with van der Waals surface area (Å²) in [5.74, 6) is 2.63. The van der Waals surface area contributed by atoms with Gasteiger partial charge in [-0.05, 0) is 30.9 Å². The van der Waals surface area contributed by atoms with E-state index in [1.807, 2.05) is 24.3 Å². The first-order chi connectivity index (χ1) is 11.7. The zero-order valence-electron chi connectivity index (χ0n) is 14.4. The van der Waals surface area contributed by atoms with Crippen LogP contribution in [0.2, 0.25) is 5.02 Å². The number of nitrogens with one attached hydrogen (secondary N) is 1. The lowest BCUT2D eigenvalue weighted by molar-refractivity contribution is 0.264. The van der Waals surface area contributed by atoms with Crippen LogP contribution in [0.25, 0.3) is 11.4 Å². The van der Waals surface area contributed by atoms with E-state index < -0.39 is 0 Å². The predicted octanol–water partition coefficient (Wildman–Crippen LogP) is 3.82. The predicted molar refractivity (Wildman–Crippen MR) is 110 cm³/mol. The van der Waals surface area contributed by atoms with Gasteiger partial charge < -0.3 is 14.7 Å². The van der Waals surface area contributed by atoms with E-state index in [1.54, 1.807) is 7.05 Å². The molecule has 1 atom stereocenters. The lowest BCUT2D eigenvalue weighted by atomic mass is 10.0. The summed E-state index contributed by atoms with van der Waals surface area (Å²) in [5.41, 5.74) is 0.840. The zero-order chi connectivity index (χ0) is 16.9. The second-order valence-corrected chi connectivity index (χ2v) is 6.55. The van der Waals surface area contributed by atoms with Gasteiger partial charge in [0.05, 0.1) is 6.54 Å². The maximum absolute atomic E-state index is 6.00. The highest BCUT2D eigenvalue weighted by Gasteiger charge is 2.19. The van der Waals surface area contributed by atoms with Crippen LogP contribution >= 0.6 is 35.6 Å². The number of benzene rings is 1. The summed E-state index contributed by atoms with van der Waals surface area (Å²) in [4.78, 5) is 11.1. The molecular formula is C17H23ClIN5O. The fraction of sp³-hybridized carbons (Fsp3) is 0.471. The molecule has 25 heavy (non-hydrogen) atoms. The number of rotatable bonds is 3. The molecule has 0 saturated carbocycles. The number of likely N-dealkylation sites (tertiary alicyclic amines) is 1. The maximum Gasteiger partial charge on any atom is 0.246 e. The van der Waals surface area contributed by atoms with Gasteiger partial charge in [0.1, 0.15) is 0 Å². The Hall–Kier alpha value is -1.35. The summed E-state index contributed by atoms with van der Waals surface area (Å²) in [6.07, 6.45) is 2.47. The molecule has 1 unspecified atom stereocenters. The number of aliphatic imine (C=N–C) groups is 1. The molecule has 2 heterocycles. The largest absolute Gasteiger partial charge is 0.347 e. The highest BCUT2D eigenvalue weighted by atomic mass is 127. The van der Waals surface area contributed by atoms with Gasteiger partial charge in [-0.25, -0.2) is 0 Å². The van der Waals surface area contributed by atoms with Crippen LogP contribution in [0.15, 0.2) is 33.8 Å². The number of aromatic nitrogens is 2. The molecule has 1 aliphatic rings. The van der Waals surface area contributed by atoms with Gasteiger partial charge in [0.2, 0.25) is 11.7 Å². The fourth-order valence-corrected chi connectivity index (χ4v) is 3.13. The SMILES string of the molecule is CN=C(NCc1nc(-c2cccc(Cl)c2)no1)N1CCCC(C)C1.I. The molecule has 1 aromatic carbocycles. The van der Waals surface area contributed by atoms with Crippen LogP contribution < -0.4 is 5.32 Å². The molecule has 136 valence electrons. The summed E-state index contributed by atoms with van der Waals surface area (Å²) < 4.78 is 5.32. The summed E-state index contributed by atoms with van der Waals surface area (Å²) in [6, 6.07) is 7.40. The van der Waals surface area contributed by atoms with E-state index in [0.717, 1.165) is 24.6 Å². The minimum atomic E-state index is 0. The summed E-state index contributed by atoms with van der Waals surface area (Å²) in [6.45, 7) is 4.78. The van der Waals surface area contributed by atoms with Crippen molar-refractivity contribution in [2.75, 3.05) is 20.1 Å². The quantitative estimate of drug-likeness (QED) is 0.415. The normalized spacial score (nSPS) is 18.0. The van der Waals surface area contributed by atoms with Crippen molar-refractivity contribution in [3.63, 3.8) is 0 Å². The van der Waals surface area contributed by atoms with Crippen LogP contribution in [0.5, 0.6) is 0 Å². The third-order valence-corrected chi connectivity index (χ3v) is 4.35. The minimum absolute atomic E-state index is 0. The highest BCUT2D eigenvalue weighted by molar-refractivity contribution is 14.0. The van der Waals surface area contributed by atoms with E-state index in [2.05, 4.69) is 32.3 Å². The molecule has 8 heteroatoms. The molecule has 2 aromatic rings. The topological polar surface area (TPSA) is 66.5 Å². The summed E-state index contributed by atoms with van der Waals surface area (Å²) >= 11 is 6.00. The molecule has 0 bridgehead atoms. The van der Waals surface area contributed by atoms with Gasteiger partial charge in [-0.2, -0.15) is 4.98 Å². The average Bonchev–Trinajstić information content (AvgIpc) is 3.05. The van der Waals surface area contributed by atoms with Crippen molar-refractivity contribution < 1.29 is 4.52 Å². The Morgan fingerprint density at radius 1 is 1.48 bits per heavy atom. The molecule has 1 fully saturated rings. The molecule has 0 spiro atoms. The fourth-order valence-electron chi connectivity index (χ4n) is 2.94. The smallest absolute Gasteiger partial charge is 0.246 e. The van der Waals surface area contributed by atoms with Crippen LogP contribution in [0.3, 0.4) is 0 Å². The molecule has 0 aliphatic carbocycles. The average molecular weight is 476 g/mol. The molecule has 1 aliphatic heterocycles. The second kappa shape index (κ2) is 9.38. The van der Waals surface area contributed by atoms with Crippen LogP contribution in [-0.4, -0.2) is 41.1 Å². The molecule has 3 rings (SSSR count). The van der Waals surface area contributed by atoms with Crippen molar-refractivity contribution in [1.82, 2.24) is 20.4 Å². The van der Waals surface area contributed by atoms with Gasteiger partial charge in [0.15, 0.2) is 5.96 Å².